The van der Waals surface area contributed by atoms with E-state index >= 15 is 0 Å². The van der Waals surface area contributed by atoms with E-state index in [2.05, 4.69) is 6.92 Å². The van der Waals surface area contributed by atoms with E-state index in [4.69, 9.17) is 5.11 Å². The average Bonchev–Trinajstić information content (AvgIpc) is 2.93. The highest BCUT2D eigenvalue weighted by atomic mass is 16.4. The Morgan fingerprint density at radius 2 is 1.79 bits per heavy atom. The number of amides is 1. The molecular formula is C15H25NO3. The third-order valence-electron chi connectivity index (χ3n) is 4.98. The fraction of sp³-hybridized carbons (Fsp3) is 0.867. The number of carbonyl (C=O) groups excluding carboxylic acids is 1. The summed E-state index contributed by atoms with van der Waals surface area (Å²) in [6.45, 7) is 7.59. The summed E-state index contributed by atoms with van der Waals surface area (Å²) < 4.78 is 0. The van der Waals surface area contributed by atoms with Gasteiger partial charge in [0.25, 0.3) is 0 Å². The molecule has 0 aromatic carbocycles. The Labute approximate surface area is 115 Å². The number of carboxylic acid groups (broad SMARTS) is 1. The van der Waals surface area contributed by atoms with Crippen LogP contribution in [-0.2, 0) is 9.59 Å². The fourth-order valence-electron chi connectivity index (χ4n) is 3.61. The molecule has 1 N–H and O–H groups in total. The standard InChI is InChI=1S/C15H25NO3/c1-4-5-10-6-8-16(9-7-10)13(17)11-12(14(18)19)15(11,2)3/h10-12H,4-9H2,1-3H3,(H,18,19)/t11-,12+/m1/s1. The number of nitrogens with zero attached hydrogens (tertiary/aromatic N) is 1. The predicted octanol–water partition coefficient (Wildman–Crippen LogP) is 2.38. The van der Waals surface area contributed by atoms with Crippen LogP contribution < -0.4 is 0 Å². The summed E-state index contributed by atoms with van der Waals surface area (Å²) in [6, 6.07) is 0. The van der Waals surface area contributed by atoms with Crippen LogP contribution in [0, 0.1) is 23.2 Å². The van der Waals surface area contributed by atoms with Gasteiger partial charge in [0, 0.05) is 13.1 Å². The third kappa shape index (κ3) is 2.63. The van der Waals surface area contributed by atoms with Crippen LogP contribution in [0.5, 0.6) is 0 Å². The lowest BCUT2D eigenvalue weighted by Crippen LogP contribution is -2.40. The molecule has 0 aromatic heterocycles. The van der Waals surface area contributed by atoms with Gasteiger partial charge in [-0.1, -0.05) is 33.6 Å². The van der Waals surface area contributed by atoms with Gasteiger partial charge in [0.1, 0.15) is 0 Å². The molecule has 1 saturated heterocycles. The van der Waals surface area contributed by atoms with Crippen molar-refractivity contribution in [2.75, 3.05) is 13.1 Å². The maximum Gasteiger partial charge on any atom is 0.307 e. The summed E-state index contributed by atoms with van der Waals surface area (Å²) >= 11 is 0. The summed E-state index contributed by atoms with van der Waals surface area (Å²) in [4.78, 5) is 25.4. The summed E-state index contributed by atoms with van der Waals surface area (Å²) in [5.41, 5.74) is -0.372. The van der Waals surface area contributed by atoms with Crippen molar-refractivity contribution in [3.63, 3.8) is 0 Å². The van der Waals surface area contributed by atoms with Crippen molar-refractivity contribution in [1.29, 1.82) is 0 Å². The van der Waals surface area contributed by atoms with Crippen LogP contribution in [0.3, 0.4) is 0 Å². The maximum absolute atomic E-state index is 12.4. The van der Waals surface area contributed by atoms with Gasteiger partial charge in [0.15, 0.2) is 0 Å². The van der Waals surface area contributed by atoms with E-state index in [1.165, 1.54) is 12.8 Å². The highest BCUT2D eigenvalue weighted by Crippen LogP contribution is 2.59. The molecule has 1 amide bonds. The van der Waals surface area contributed by atoms with Crippen LogP contribution in [0.1, 0.15) is 46.5 Å². The number of hydrogen-bond donors (Lipinski definition) is 1. The molecule has 0 radical (unpaired) electrons. The van der Waals surface area contributed by atoms with Gasteiger partial charge in [-0.05, 0) is 24.2 Å². The molecule has 2 rings (SSSR count). The van der Waals surface area contributed by atoms with Crippen LogP contribution >= 0.6 is 0 Å². The number of likely N-dealkylation sites (tertiary alicyclic amines) is 1. The SMILES string of the molecule is CCCC1CCN(C(=O)[C@H]2[C@@H](C(=O)O)C2(C)C)CC1. The number of hydrogen-bond acceptors (Lipinski definition) is 2. The number of aliphatic carboxylic acids is 1. The quantitative estimate of drug-likeness (QED) is 0.850. The van der Waals surface area contributed by atoms with E-state index in [1.54, 1.807) is 0 Å². The van der Waals surface area contributed by atoms with Crippen LogP contribution in [0.2, 0.25) is 0 Å². The van der Waals surface area contributed by atoms with E-state index in [1.807, 2.05) is 18.7 Å². The van der Waals surface area contributed by atoms with Crippen molar-refractivity contribution in [2.24, 2.45) is 23.2 Å². The smallest absolute Gasteiger partial charge is 0.307 e. The van der Waals surface area contributed by atoms with Crippen LogP contribution in [-0.4, -0.2) is 35.0 Å². The van der Waals surface area contributed by atoms with E-state index < -0.39 is 11.9 Å². The van der Waals surface area contributed by atoms with Crippen LogP contribution in [0.4, 0.5) is 0 Å². The lowest BCUT2D eigenvalue weighted by molar-refractivity contribution is -0.142. The fourth-order valence-corrected chi connectivity index (χ4v) is 3.61. The summed E-state index contributed by atoms with van der Waals surface area (Å²) in [7, 11) is 0. The summed E-state index contributed by atoms with van der Waals surface area (Å²) in [5, 5.41) is 9.15. The third-order valence-corrected chi connectivity index (χ3v) is 4.98. The minimum atomic E-state index is -0.829. The molecule has 2 fully saturated rings. The van der Waals surface area contributed by atoms with E-state index in [0.29, 0.717) is 0 Å². The van der Waals surface area contributed by atoms with Crippen molar-refractivity contribution < 1.29 is 14.7 Å². The molecule has 1 heterocycles. The second kappa shape index (κ2) is 5.14. The molecule has 0 spiro atoms. The first-order valence-corrected chi connectivity index (χ1v) is 7.41. The summed E-state index contributed by atoms with van der Waals surface area (Å²) in [5.74, 6) is -0.825. The lowest BCUT2D eigenvalue weighted by atomic mass is 9.92. The monoisotopic (exact) mass is 267 g/mol. The van der Waals surface area contributed by atoms with Gasteiger partial charge in [-0.25, -0.2) is 0 Å². The first kappa shape index (κ1) is 14.4. The number of rotatable bonds is 4. The highest BCUT2D eigenvalue weighted by Gasteiger charge is 2.66. The molecule has 1 aliphatic heterocycles. The largest absolute Gasteiger partial charge is 0.481 e. The zero-order chi connectivity index (χ0) is 14.2. The molecule has 4 nitrogen and oxygen atoms in total. The molecule has 1 aliphatic carbocycles. The van der Waals surface area contributed by atoms with Gasteiger partial charge in [-0.3, -0.25) is 9.59 Å². The van der Waals surface area contributed by atoms with Crippen molar-refractivity contribution in [3.05, 3.63) is 0 Å². The van der Waals surface area contributed by atoms with Gasteiger partial charge in [0.2, 0.25) is 5.91 Å². The van der Waals surface area contributed by atoms with Gasteiger partial charge < -0.3 is 10.0 Å². The molecular weight excluding hydrogens is 242 g/mol. The van der Waals surface area contributed by atoms with Crippen molar-refractivity contribution in [1.82, 2.24) is 4.90 Å². The van der Waals surface area contributed by atoms with Crippen molar-refractivity contribution in [2.45, 2.75) is 46.5 Å². The maximum atomic E-state index is 12.4. The van der Waals surface area contributed by atoms with Gasteiger partial charge in [0.05, 0.1) is 11.8 Å². The number of carboxylic acids is 1. The van der Waals surface area contributed by atoms with Crippen molar-refractivity contribution >= 4 is 11.9 Å². The number of carbonyl (C=O) groups is 2. The minimum Gasteiger partial charge on any atom is -0.481 e. The van der Waals surface area contributed by atoms with E-state index in [9.17, 15) is 9.59 Å². The Balaban J connectivity index is 1.91. The van der Waals surface area contributed by atoms with Crippen molar-refractivity contribution in [3.8, 4) is 0 Å². The Kier molecular flexibility index (Phi) is 3.88. The van der Waals surface area contributed by atoms with E-state index in [-0.39, 0.29) is 17.2 Å². The summed E-state index contributed by atoms with van der Waals surface area (Å²) in [6.07, 6.45) is 4.60. The molecule has 2 aliphatic rings. The second-order valence-electron chi connectivity index (χ2n) is 6.67. The Bertz CT molecular complexity index is 370. The molecule has 0 aromatic rings. The molecule has 1 saturated carbocycles. The second-order valence-corrected chi connectivity index (χ2v) is 6.67. The van der Waals surface area contributed by atoms with Crippen LogP contribution in [0.15, 0.2) is 0 Å². The molecule has 0 bridgehead atoms. The molecule has 2 atom stereocenters. The molecule has 4 heteroatoms. The first-order valence-electron chi connectivity index (χ1n) is 7.41. The average molecular weight is 267 g/mol. The molecule has 19 heavy (non-hydrogen) atoms. The molecule has 0 unspecified atom stereocenters. The van der Waals surface area contributed by atoms with E-state index in [0.717, 1.165) is 31.8 Å². The minimum absolute atomic E-state index is 0.0624. The normalized spacial score (nSPS) is 30.2. The van der Waals surface area contributed by atoms with Crippen LogP contribution in [0.25, 0.3) is 0 Å². The van der Waals surface area contributed by atoms with Gasteiger partial charge in [-0.2, -0.15) is 0 Å². The Morgan fingerprint density at radius 1 is 1.21 bits per heavy atom. The van der Waals surface area contributed by atoms with Gasteiger partial charge in [-0.15, -0.1) is 0 Å². The predicted molar refractivity (Wildman–Crippen MR) is 72.6 cm³/mol. The lowest BCUT2D eigenvalue weighted by Gasteiger charge is -2.32. The zero-order valence-corrected chi connectivity index (χ0v) is 12.2. The van der Waals surface area contributed by atoms with Gasteiger partial charge >= 0.3 is 5.97 Å². The highest BCUT2D eigenvalue weighted by molar-refractivity contribution is 5.91. The Hall–Kier alpha value is -1.06. The number of piperidine rings is 1. The zero-order valence-electron chi connectivity index (χ0n) is 12.2. The first-order chi connectivity index (χ1) is 8.89. The molecule has 108 valence electrons. The Morgan fingerprint density at radius 3 is 2.21 bits per heavy atom. The topological polar surface area (TPSA) is 57.6 Å².